The second-order valence-corrected chi connectivity index (χ2v) is 5.54. The van der Waals surface area contributed by atoms with Crippen molar-refractivity contribution in [3.05, 3.63) is 35.4 Å². The van der Waals surface area contributed by atoms with Crippen LogP contribution in [0.3, 0.4) is 0 Å². The topological polar surface area (TPSA) is 71.0 Å². The van der Waals surface area contributed by atoms with Crippen molar-refractivity contribution in [2.24, 2.45) is 0 Å². The van der Waals surface area contributed by atoms with Gasteiger partial charge in [-0.2, -0.15) is 0 Å². The molecule has 1 aliphatic heterocycles. The molecule has 1 aromatic rings. The predicted molar refractivity (Wildman–Crippen MR) is 75.0 cm³/mol. The van der Waals surface area contributed by atoms with E-state index in [1.807, 2.05) is 38.1 Å². The summed E-state index contributed by atoms with van der Waals surface area (Å²) in [6, 6.07) is 7.71. The highest BCUT2D eigenvalue weighted by molar-refractivity contribution is 5.21. The molecule has 1 aliphatic rings. The van der Waals surface area contributed by atoms with E-state index < -0.39 is 11.9 Å². The SMILES string of the molecule is CC1(C)OC[C@H](C(O)CNCc2ccc(CO)cc2)O1. The number of rotatable bonds is 6. The lowest BCUT2D eigenvalue weighted by atomic mass is 10.1. The van der Waals surface area contributed by atoms with Crippen LogP contribution in [0.5, 0.6) is 0 Å². The summed E-state index contributed by atoms with van der Waals surface area (Å²) in [5.41, 5.74) is 2.01. The zero-order chi connectivity index (χ0) is 14.6. The van der Waals surface area contributed by atoms with Gasteiger partial charge in [0.2, 0.25) is 0 Å². The first kappa shape index (κ1) is 15.4. The Morgan fingerprint density at radius 1 is 1.30 bits per heavy atom. The largest absolute Gasteiger partial charge is 0.392 e. The van der Waals surface area contributed by atoms with Crippen LogP contribution in [-0.4, -0.2) is 41.4 Å². The highest BCUT2D eigenvalue weighted by atomic mass is 16.7. The van der Waals surface area contributed by atoms with Crippen molar-refractivity contribution in [3.63, 3.8) is 0 Å². The summed E-state index contributed by atoms with van der Waals surface area (Å²) in [5, 5.41) is 22.2. The van der Waals surface area contributed by atoms with Gasteiger partial charge in [-0.05, 0) is 25.0 Å². The second-order valence-electron chi connectivity index (χ2n) is 5.54. The molecule has 1 fully saturated rings. The fraction of sp³-hybridized carbons (Fsp3) is 0.600. The Morgan fingerprint density at radius 3 is 2.50 bits per heavy atom. The highest BCUT2D eigenvalue weighted by Crippen LogP contribution is 2.23. The molecule has 0 amide bonds. The molecule has 1 saturated heterocycles. The van der Waals surface area contributed by atoms with E-state index in [0.29, 0.717) is 19.7 Å². The predicted octanol–water partition coefficient (Wildman–Crippen LogP) is 0.781. The molecule has 1 aromatic carbocycles. The Morgan fingerprint density at radius 2 is 1.95 bits per heavy atom. The molecule has 2 atom stereocenters. The summed E-state index contributed by atoms with van der Waals surface area (Å²) in [7, 11) is 0. The van der Waals surface area contributed by atoms with Crippen LogP contribution in [0.25, 0.3) is 0 Å². The van der Waals surface area contributed by atoms with Gasteiger partial charge in [-0.1, -0.05) is 24.3 Å². The molecule has 0 aromatic heterocycles. The first-order valence-electron chi connectivity index (χ1n) is 6.89. The molecule has 5 heteroatoms. The molecule has 3 N–H and O–H groups in total. The maximum atomic E-state index is 10.0. The van der Waals surface area contributed by atoms with E-state index in [4.69, 9.17) is 14.6 Å². The van der Waals surface area contributed by atoms with Gasteiger partial charge in [-0.25, -0.2) is 0 Å². The van der Waals surface area contributed by atoms with Crippen molar-refractivity contribution < 1.29 is 19.7 Å². The van der Waals surface area contributed by atoms with E-state index in [1.54, 1.807) is 0 Å². The zero-order valence-electron chi connectivity index (χ0n) is 12.0. The summed E-state index contributed by atoms with van der Waals surface area (Å²) < 4.78 is 11.0. The number of nitrogens with one attached hydrogen (secondary N) is 1. The Hall–Kier alpha value is -0.980. The van der Waals surface area contributed by atoms with Gasteiger partial charge in [0.15, 0.2) is 5.79 Å². The van der Waals surface area contributed by atoms with Crippen molar-refractivity contribution in [2.75, 3.05) is 13.2 Å². The summed E-state index contributed by atoms with van der Waals surface area (Å²) in [5.74, 6) is -0.605. The second kappa shape index (κ2) is 6.65. The van der Waals surface area contributed by atoms with Crippen molar-refractivity contribution in [2.45, 2.75) is 45.0 Å². The third-order valence-electron chi connectivity index (χ3n) is 3.35. The van der Waals surface area contributed by atoms with Crippen LogP contribution < -0.4 is 5.32 Å². The molecule has 1 heterocycles. The molecule has 2 rings (SSSR count). The first-order valence-corrected chi connectivity index (χ1v) is 6.89. The third-order valence-corrected chi connectivity index (χ3v) is 3.35. The van der Waals surface area contributed by atoms with Gasteiger partial charge in [0.05, 0.1) is 19.3 Å². The third kappa shape index (κ3) is 4.26. The lowest BCUT2D eigenvalue weighted by Crippen LogP contribution is -2.38. The number of hydrogen-bond acceptors (Lipinski definition) is 5. The molecule has 1 unspecified atom stereocenters. The normalized spacial score (nSPS) is 22.9. The van der Waals surface area contributed by atoms with Gasteiger partial charge >= 0.3 is 0 Å². The first-order chi connectivity index (χ1) is 9.50. The minimum Gasteiger partial charge on any atom is -0.392 e. The van der Waals surface area contributed by atoms with Crippen LogP contribution in [0.1, 0.15) is 25.0 Å². The Balaban J connectivity index is 1.72. The summed E-state index contributed by atoms with van der Waals surface area (Å²) >= 11 is 0. The van der Waals surface area contributed by atoms with Crippen LogP contribution in [0.15, 0.2) is 24.3 Å². The van der Waals surface area contributed by atoms with E-state index >= 15 is 0 Å². The average molecular weight is 281 g/mol. The fourth-order valence-electron chi connectivity index (χ4n) is 2.16. The van der Waals surface area contributed by atoms with Crippen molar-refractivity contribution >= 4 is 0 Å². The number of aliphatic hydroxyl groups is 2. The van der Waals surface area contributed by atoms with Crippen LogP contribution >= 0.6 is 0 Å². The van der Waals surface area contributed by atoms with Gasteiger partial charge in [-0.3, -0.25) is 0 Å². The number of hydrogen-bond donors (Lipinski definition) is 3. The maximum Gasteiger partial charge on any atom is 0.163 e. The molecule has 0 aliphatic carbocycles. The monoisotopic (exact) mass is 281 g/mol. The van der Waals surface area contributed by atoms with Crippen LogP contribution in [0.2, 0.25) is 0 Å². The molecule has 5 nitrogen and oxygen atoms in total. The summed E-state index contributed by atoms with van der Waals surface area (Å²) in [6.45, 7) is 5.28. The van der Waals surface area contributed by atoms with Crippen LogP contribution in [-0.2, 0) is 22.6 Å². The van der Waals surface area contributed by atoms with Crippen molar-refractivity contribution in [1.29, 1.82) is 0 Å². The molecule has 0 saturated carbocycles. The van der Waals surface area contributed by atoms with Crippen LogP contribution in [0.4, 0.5) is 0 Å². The molecular formula is C15H23NO4. The number of aliphatic hydroxyl groups excluding tert-OH is 2. The minimum absolute atomic E-state index is 0.0568. The molecule has 0 radical (unpaired) electrons. The Labute approximate surface area is 119 Å². The van der Waals surface area contributed by atoms with E-state index in [-0.39, 0.29) is 12.7 Å². The fourth-order valence-corrected chi connectivity index (χ4v) is 2.16. The lowest BCUT2D eigenvalue weighted by Gasteiger charge is -2.20. The van der Waals surface area contributed by atoms with Crippen LogP contribution in [0, 0.1) is 0 Å². The number of benzene rings is 1. The van der Waals surface area contributed by atoms with E-state index in [1.165, 1.54) is 0 Å². The standard InChI is InChI=1S/C15H23NO4/c1-15(2)19-10-14(20-15)13(18)8-16-7-11-3-5-12(9-17)6-4-11/h3-6,13-14,16-18H,7-10H2,1-2H3/t13?,14-/m1/s1. The average Bonchev–Trinajstić information content (AvgIpc) is 2.80. The molecule has 0 spiro atoms. The molecule has 20 heavy (non-hydrogen) atoms. The lowest BCUT2D eigenvalue weighted by molar-refractivity contribution is -0.150. The summed E-state index contributed by atoms with van der Waals surface area (Å²) in [4.78, 5) is 0. The van der Waals surface area contributed by atoms with Crippen molar-refractivity contribution in [1.82, 2.24) is 5.32 Å². The van der Waals surface area contributed by atoms with Gasteiger partial charge in [0.1, 0.15) is 6.10 Å². The Kier molecular flexibility index (Phi) is 5.12. The maximum absolute atomic E-state index is 10.0. The Bertz CT molecular complexity index is 418. The summed E-state index contributed by atoms with van der Waals surface area (Å²) in [6.07, 6.45) is -0.872. The van der Waals surface area contributed by atoms with E-state index in [2.05, 4.69) is 5.32 Å². The smallest absolute Gasteiger partial charge is 0.163 e. The van der Waals surface area contributed by atoms with Crippen molar-refractivity contribution in [3.8, 4) is 0 Å². The van der Waals surface area contributed by atoms with Gasteiger partial charge in [0, 0.05) is 13.1 Å². The highest BCUT2D eigenvalue weighted by Gasteiger charge is 2.36. The van der Waals surface area contributed by atoms with E-state index in [0.717, 1.165) is 11.1 Å². The zero-order valence-corrected chi connectivity index (χ0v) is 12.0. The van der Waals surface area contributed by atoms with Gasteiger partial charge in [0.25, 0.3) is 0 Å². The van der Waals surface area contributed by atoms with Gasteiger partial charge < -0.3 is 25.0 Å². The molecule has 112 valence electrons. The van der Waals surface area contributed by atoms with E-state index in [9.17, 15) is 5.11 Å². The minimum atomic E-state index is -0.605. The number of ether oxygens (including phenoxy) is 2. The molecule has 0 bridgehead atoms. The quantitative estimate of drug-likeness (QED) is 0.719. The molecular weight excluding hydrogens is 258 g/mol. The van der Waals surface area contributed by atoms with Gasteiger partial charge in [-0.15, -0.1) is 0 Å².